The third-order valence-corrected chi connectivity index (χ3v) is 10.8. The standard InChI is InChI=1S/C50H30O/c1-2-12-31(13-3-1)33-15-10-16-34(30-33)47-39-19-6-8-21-41(39)49(42-22-9-7-20-40(42)47)43-27-26-37(35-17-4-5-18-36(35)43)38-28-29-46-50-44(38)25-24-32-14-11-23-45(51-46)48(32)50/h1-30H. The lowest BCUT2D eigenvalue weighted by Gasteiger charge is -2.20. The number of hydrogen-bond acceptors (Lipinski definition) is 1. The normalized spacial score (nSPS) is 11.9. The maximum atomic E-state index is 6.32. The van der Waals surface area contributed by atoms with Crippen LogP contribution in [0, 0.1) is 0 Å². The molecule has 0 unspecified atom stereocenters. The first-order chi connectivity index (χ1) is 25.3. The smallest absolute Gasteiger partial charge is 0.136 e. The highest BCUT2D eigenvalue weighted by Gasteiger charge is 2.21. The fourth-order valence-electron chi connectivity index (χ4n) is 8.65. The summed E-state index contributed by atoms with van der Waals surface area (Å²) >= 11 is 0. The van der Waals surface area contributed by atoms with Crippen molar-refractivity contribution in [2.45, 2.75) is 0 Å². The molecule has 0 saturated carbocycles. The van der Waals surface area contributed by atoms with Gasteiger partial charge in [-0.25, -0.2) is 0 Å². The molecule has 0 amide bonds. The van der Waals surface area contributed by atoms with E-state index in [0.29, 0.717) is 0 Å². The van der Waals surface area contributed by atoms with Gasteiger partial charge in [-0.3, -0.25) is 0 Å². The van der Waals surface area contributed by atoms with Crippen molar-refractivity contribution in [3.63, 3.8) is 0 Å². The Balaban J connectivity index is 1.18. The zero-order valence-electron chi connectivity index (χ0n) is 27.7. The lowest BCUT2D eigenvalue weighted by atomic mass is 9.83. The van der Waals surface area contributed by atoms with E-state index in [2.05, 4.69) is 182 Å². The van der Waals surface area contributed by atoms with Crippen molar-refractivity contribution in [3.8, 4) is 44.5 Å². The molecule has 0 spiro atoms. The summed E-state index contributed by atoms with van der Waals surface area (Å²) in [5, 5.41) is 12.4. The Hall–Kier alpha value is -6.70. The molecule has 0 fully saturated rings. The van der Waals surface area contributed by atoms with E-state index < -0.39 is 0 Å². The molecule has 11 rings (SSSR count). The Bertz CT molecular complexity index is 3070. The van der Waals surface area contributed by atoms with Gasteiger partial charge < -0.3 is 4.42 Å². The fourth-order valence-corrected chi connectivity index (χ4v) is 8.65. The van der Waals surface area contributed by atoms with Crippen LogP contribution in [0.15, 0.2) is 186 Å². The van der Waals surface area contributed by atoms with Crippen LogP contribution in [0.25, 0.3) is 110 Å². The van der Waals surface area contributed by atoms with Crippen molar-refractivity contribution in [2.24, 2.45) is 0 Å². The van der Waals surface area contributed by atoms with Crippen LogP contribution in [-0.2, 0) is 0 Å². The topological polar surface area (TPSA) is 13.1 Å². The van der Waals surface area contributed by atoms with Crippen molar-refractivity contribution >= 4 is 65.0 Å². The second-order valence-corrected chi connectivity index (χ2v) is 13.5. The van der Waals surface area contributed by atoms with Crippen molar-refractivity contribution in [1.29, 1.82) is 0 Å². The van der Waals surface area contributed by atoms with Gasteiger partial charge in [0, 0.05) is 10.8 Å². The zero-order valence-corrected chi connectivity index (χ0v) is 27.7. The van der Waals surface area contributed by atoms with E-state index in [4.69, 9.17) is 4.42 Å². The number of hydrogen-bond donors (Lipinski definition) is 0. The highest BCUT2D eigenvalue weighted by molar-refractivity contribution is 6.27. The van der Waals surface area contributed by atoms with Gasteiger partial charge in [-0.15, -0.1) is 0 Å². The summed E-state index contributed by atoms with van der Waals surface area (Å²) in [7, 11) is 0. The molecule has 236 valence electrons. The van der Waals surface area contributed by atoms with Crippen molar-refractivity contribution in [2.75, 3.05) is 0 Å². The van der Waals surface area contributed by atoms with Gasteiger partial charge in [-0.2, -0.15) is 0 Å². The van der Waals surface area contributed by atoms with Crippen LogP contribution in [-0.4, -0.2) is 0 Å². The minimum Gasteiger partial charge on any atom is -0.456 e. The van der Waals surface area contributed by atoms with Gasteiger partial charge in [0.1, 0.15) is 11.2 Å². The minimum atomic E-state index is 0.939. The fraction of sp³-hybridized carbons (Fsp3) is 0. The summed E-state index contributed by atoms with van der Waals surface area (Å²) in [5.41, 5.74) is 11.8. The maximum Gasteiger partial charge on any atom is 0.136 e. The highest BCUT2D eigenvalue weighted by atomic mass is 16.3. The van der Waals surface area contributed by atoms with Crippen molar-refractivity contribution in [3.05, 3.63) is 182 Å². The minimum absolute atomic E-state index is 0.939. The third-order valence-electron chi connectivity index (χ3n) is 10.8. The maximum absolute atomic E-state index is 6.32. The Labute approximate surface area is 295 Å². The summed E-state index contributed by atoms with van der Waals surface area (Å²) in [6.45, 7) is 0. The molecule has 0 aliphatic carbocycles. The molecule has 0 bridgehead atoms. The SMILES string of the molecule is c1ccc(-c2cccc(-c3c4ccccc4c(-c4ccc(-c5ccc6oc7cccc8ccc5c6c87)c5ccccc45)c4ccccc34)c2)cc1. The first-order valence-electron chi connectivity index (χ1n) is 17.6. The highest BCUT2D eigenvalue weighted by Crippen LogP contribution is 2.48. The molecule has 0 aliphatic rings. The molecule has 0 radical (unpaired) electrons. The molecular formula is C50H30O. The first kappa shape index (κ1) is 28.2. The molecule has 0 atom stereocenters. The van der Waals surface area contributed by atoms with E-state index in [1.54, 1.807) is 0 Å². The second kappa shape index (κ2) is 10.9. The van der Waals surface area contributed by atoms with Gasteiger partial charge in [-0.05, 0) is 106 Å². The molecule has 51 heavy (non-hydrogen) atoms. The Morgan fingerprint density at radius 1 is 0.275 bits per heavy atom. The molecule has 0 aliphatic heterocycles. The van der Waals surface area contributed by atoms with E-state index in [1.807, 2.05) is 0 Å². The third kappa shape index (κ3) is 4.16. The molecule has 11 aromatic rings. The van der Waals surface area contributed by atoms with E-state index in [-0.39, 0.29) is 0 Å². The van der Waals surface area contributed by atoms with Crippen LogP contribution in [0.5, 0.6) is 0 Å². The van der Waals surface area contributed by atoms with Crippen molar-refractivity contribution < 1.29 is 4.42 Å². The number of rotatable bonds is 4. The van der Waals surface area contributed by atoms with E-state index in [0.717, 1.165) is 11.2 Å². The number of fused-ring (bicyclic) bond motifs is 3. The largest absolute Gasteiger partial charge is 0.456 e. The van der Waals surface area contributed by atoms with E-state index >= 15 is 0 Å². The lowest BCUT2D eigenvalue weighted by Crippen LogP contribution is -1.93. The van der Waals surface area contributed by atoms with E-state index in [9.17, 15) is 0 Å². The van der Waals surface area contributed by atoms with Crippen LogP contribution in [0.2, 0.25) is 0 Å². The van der Waals surface area contributed by atoms with Gasteiger partial charge >= 0.3 is 0 Å². The van der Waals surface area contributed by atoms with Crippen LogP contribution < -0.4 is 0 Å². The Morgan fingerprint density at radius 2 is 0.804 bits per heavy atom. The number of furan rings is 1. The van der Waals surface area contributed by atoms with Gasteiger partial charge in [0.25, 0.3) is 0 Å². The Morgan fingerprint density at radius 3 is 1.55 bits per heavy atom. The van der Waals surface area contributed by atoms with Crippen LogP contribution in [0.3, 0.4) is 0 Å². The summed E-state index contributed by atoms with van der Waals surface area (Å²) < 4.78 is 6.32. The average molecular weight is 647 g/mol. The second-order valence-electron chi connectivity index (χ2n) is 13.5. The molecule has 1 heteroatoms. The van der Waals surface area contributed by atoms with Crippen LogP contribution in [0.4, 0.5) is 0 Å². The summed E-state index contributed by atoms with van der Waals surface area (Å²) in [6, 6.07) is 66.4. The summed E-state index contributed by atoms with van der Waals surface area (Å²) in [4.78, 5) is 0. The predicted octanol–water partition coefficient (Wildman–Crippen LogP) is 14.3. The number of benzene rings is 10. The molecule has 1 heterocycles. The predicted molar refractivity (Wildman–Crippen MR) is 217 cm³/mol. The van der Waals surface area contributed by atoms with Gasteiger partial charge in [0.15, 0.2) is 0 Å². The average Bonchev–Trinajstić information content (AvgIpc) is 3.59. The molecule has 10 aromatic carbocycles. The quantitative estimate of drug-likeness (QED) is 0.137. The molecular weight excluding hydrogens is 617 g/mol. The van der Waals surface area contributed by atoms with Crippen LogP contribution in [0.1, 0.15) is 0 Å². The molecule has 0 saturated heterocycles. The summed E-state index contributed by atoms with van der Waals surface area (Å²) in [5.74, 6) is 0. The van der Waals surface area contributed by atoms with Gasteiger partial charge in [0.05, 0.1) is 0 Å². The summed E-state index contributed by atoms with van der Waals surface area (Å²) in [6.07, 6.45) is 0. The van der Waals surface area contributed by atoms with Crippen molar-refractivity contribution in [1.82, 2.24) is 0 Å². The van der Waals surface area contributed by atoms with E-state index in [1.165, 1.54) is 98.4 Å². The molecule has 0 N–H and O–H groups in total. The van der Waals surface area contributed by atoms with Gasteiger partial charge in [0.2, 0.25) is 0 Å². The van der Waals surface area contributed by atoms with Crippen LogP contribution >= 0.6 is 0 Å². The molecule has 1 nitrogen and oxygen atoms in total. The monoisotopic (exact) mass is 646 g/mol. The Kier molecular flexibility index (Phi) is 6.02. The zero-order chi connectivity index (χ0) is 33.5. The van der Waals surface area contributed by atoms with Gasteiger partial charge in [-0.1, -0.05) is 164 Å². The first-order valence-corrected chi connectivity index (χ1v) is 17.6. The lowest BCUT2D eigenvalue weighted by molar-refractivity contribution is 0.669. The molecule has 1 aromatic heterocycles.